The second kappa shape index (κ2) is 5.97. The Kier molecular flexibility index (Phi) is 5.19. The Hall–Kier alpha value is -0.150. The number of hydrogen-bond acceptors (Lipinski definition) is 2. The minimum atomic E-state index is 0.103. The first-order valence-corrected chi connectivity index (χ1v) is 6.99. The van der Waals surface area contributed by atoms with Crippen molar-refractivity contribution in [2.24, 2.45) is 0 Å². The highest BCUT2D eigenvalue weighted by Crippen LogP contribution is 2.38. The van der Waals surface area contributed by atoms with E-state index in [1.807, 2.05) is 0 Å². The summed E-state index contributed by atoms with van der Waals surface area (Å²) in [6.45, 7) is 6.39. The molecule has 16 heavy (non-hydrogen) atoms. The van der Waals surface area contributed by atoms with Crippen molar-refractivity contribution in [3.05, 3.63) is 11.6 Å². The van der Waals surface area contributed by atoms with Gasteiger partial charge in [0.15, 0.2) is 0 Å². The van der Waals surface area contributed by atoms with E-state index in [2.05, 4.69) is 42.8 Å². The summed E-state index contributed by atoms with van der Waals surface area (Å²) in [5.74, 6) is 0.274. The predicted molar refractivity (Wildman–Crippen MR) is 70.0 cm³/mol. The lowest BCUT2D eigenvalue weighted by atomic mass is 10.0. The second-order valence-corrected chi connectivity index (χ2v) is 5.57. The van der Waals surface area contributed by atoms with E-state index in [4.69, 9.17) is 4.74 Å². The Morgan fingerprint density at radius 2 is 2.06 bits per heavy atom. The first-order chi connectivity index (χ1) is 7.45. The average Bonchev–Trinajstić information content (AvgIpc) is 2.83. The highest BCUT2D eigenvalue weighted by Gasteiger charge is 2.46. The van der Waals surface area contributed by atoms with Crippen LogP contribution in [0.4, 0.5) is 0 Å². The molecule has 3 heteroatoms. The zero-order valence-electron chi connectivity index (χ0n) is 10.4. The lowest BCUT2D eigenvalue weighted by Crippen LogP contribution is -2.02. The van der Waals surface area contributed by atoms with E-state index in [1.54, 1.807) is 0 Å². The number of ether oxygens (including phenoxy) is 1. The molecule has 0 N–H and O–H groups in total. The zero-order valence-corrected chi connectivity index (χ0v) is 12.0. The number of alkyl halides is 1. The van der Waals surface area contributed by atoms with E-state index in [1.165, 1.54) is 5.57 Å². The number of carbonyl (C=O) groups is 1. The van der Waals surface area contributed by atoms with E-state index >= 15 is 0 Å². The first-order valence-electron chi connectivity index (χ1n) is 5.87. The summed E-state index contributed by atoms with van der Waals surface area (Å²) in [4.78, 5) is 11.1. The Morgan fingerprint density at radius 3 is 2.56 bits per heavy atom. The molecule has 0 bridgehead atoms. The number of carbonyl (C=O) groups excluding carboxylic acids is 1. The third-order valence-corrected chi connectivity index (χ3v) is 3.66. The van der Waals surface area contributed by atoms with Gasteiger partial charge in [-0.25, -0.2) is 0 Å². The molecule has 1 aliphatic rings. The number of halogens is 1. The monoisotopic (exact) mass is 288 g/mol. The molecule has 1 unspecified atom stereocenters. The third kappa shape index (κ3) is 4.79. The van der Waals surface area contributed by atoms with E-state index in [0.717, 1.165) is 19.3 Å². The van der Waals surface area contributed by atoms with E-state index in [0.29, 0.717) is 17.9 Å². The number of allylic oxidation sites excluding steroid dienone is 2. The quantitative estimate of drug-likeness (QED) is 0.407. The normalized spacial score (nSPS) is 23.2. The highest BCUT2D eigenvalue weighted by atomic mass is 79.9. The number of Topliss-reactive ketones (excluding diaryl/α,β-unsaturated/α-hetero) is 1. The van der Waals surface area contributed by atoms with Crippen LogP contribution in [-0.2, 0) is 9.53 Å². The first kappa shape index (κ1) is 13.9. The summed E-state index contributed by atoms with van der Waals surface area (Å²) in [6.07, 6.45) is 6.30. The van der Waals surface area contributed by atoms with Gasteiger partial charge in [0.05, 0.1) is 17.0 Å². The van der Waals surface area contributed by atoms with Crippen LogP contribution in [0, 0.1) is 0 Å². The van der Waals surface area contributed by atoms with Gasteiger partial charge in [0.2, 0.25) is 0 Å². The fourth-order valence-electron chi connectivity index (χ4n) is 1.75. The van der Waals surface area contributed by atoms with Gasteiger partial charge >= 0.3 is 0 Å². The summed E-state index contributed by atoms with van der Waals surface area (Å²) in [5, 5.41) is 0.476. The number of ketones is 1. The second-order valence-electron chi connectivity index (χ2n) is 5.01. The van der Waals surface area contributed by atoms with Crippen molar-refractivity contribution in [2.75, 3.05) is 5.33 Å². The van der Waals surface area contributed by atoms with Gasteiger partial charge < -0.3 is 4.74 Å². The lowest BCUT2D eigenvalue weighted by molar-refractivity contribution is -0.116. The maximum absolute atomic E-state index is 11.1. The van der Waals surface area contributed by atoms with E-state index < -0.39 is 0 Å². The minimum absolute atomic E-state index is 0.103. The highest BCUT2D eigenvalue weighted by molar-refractivity contribution is 9.09. The molecular formula is C13H21BrO2. The van der Waals surface area contributed by atoms with Gasteiger partial charge in [-0.1, -0.05) is 27.6 Å². The van der Waals surface area contributed by atoms with Crippen LogP contribution in [0.5, 0.6) is 0 Å². The van der Waals surface area contributed by atoms with E-state index in [9.17, 15) is 4.79 Å². The Balaban J connectivity index is 2.12. The smallest absolute Gasteiger partial charge is 0.143 e. The summed E-state index contributed by atoms with van der Waals surface area (Å²) >= 11 is 3.17. The van der Waals surface area contributed by atoms with Gasteiger partial charge in [0, 0.05) is 6.42 Å². The van der Waals surface area contributed by atoms with Crippen LogP contribution < -0.4 is 0 Å². The summed E-state index contributed by atoms with van der Waals surface area (Å²) in [6, 6.07) is 0. The molecular weight excluding hydrogens is 268 g/mol. The minimum Gasteiger partial charge on any atom is -0.367 e. The number of epoxide rings is 1. The molecule has 92 valence electrons. The van der Waals surface area contributed by atoms with Gasteiger partial charge in [-0.15, -0.1) is 0 Å². The molecule has 1 rings (SSSR count). The van der Waals surface area contributed by atoms with Gasteiger partial charge in [-0.3, -0.25) is 4.79 Å². The van der Waals surface area contributed by atoms with Crippen molar-refractivity contribution in [2.45, 2.75) is 58.2 Å². The fourth-order valence-corrected chi connectivity index (χ4v) is 2.03. The maximum Gasteiger partial charge on any atom is 0.143 e. The molecule has 0 aromatic carbocycles. The van der Waals surface area contributed by atoms with Crippen molar-refractivity contribution in [3.63, 3.8) is 0 Å². The average molecular weight is 289 g/mol. The van der Waals surface area contributed by atoms with Crippen molar-refractivity contribution in [1.82, 2.24) is 0 Å². The summed E-state index contributed by atoms with van der Waals surface area (Å²) < 4.78 is 5.53. The third-order valence-electron chi connectivity index (χ3n) is 3.03. The molecule has 0 aliphatic carbocycles. The van der Waals surface area contributed by atoms with Crippen LogP contribution in [0.15, 0.2) is 11.6 Å². The molecule has 1 fully saturated rings. The molecule has 1 heterocycles. The van der Waals surface area contributed by atoms with Crippen LogP contribution in [0.3, 0.4) is 0 Å². The number of hydrogen-bond donors (Lipinski definition) is 0. The van der Waals surface area contributed by atoms with Gasteiger partial charge in [-0.05, 0) is 40.0 Å². The van der Waals surface area contributed by atoms with Gasteiger partial charge in [-0.2, -0.15) is 0 Å². The molecule has 2 nitrogen and oxygen atoms in total. The molecule has 0 aromatic rings. The van der Waals surface area contributed by atoms with Gasteiger partial charge in [0.25, 0.3) is 0 Å². The van der Waals surface area contributed by atoms with Crippen molar-refractivity contribution >= 4 is 21.7 Å². The molecule has 0 aromatic heterocycles. The van der Waals surface area contributed by atoms with Crippen LogP contribution in [-0.4, -0.2) is 22.8 Å². The Morgan fingerprint density at radius 1 is 1.44 bits per heavy atom. The van der Waals surface area contributed by atoms with Crippen molar-refractivity contribution in [1.29, 1.82) is 0 Å². The molecule has 1 aliphatic heterocycles. The lowest BCUT2D eigenvalue weighted by Gasteiger charge is -2.00. The maximum atomic E-state index is 11.1. The predicted octanol–water partition coefficient (Wildman–Crippen LogP) is 3.63. The Labute approximate surface area is 107 Å². The van der Waals surface area contributed by atoms with Crippen molar-refractivity contribution < 1.29 is 9.53 Å². The largest absolute Gasteiger partial charge is 0.367 e. The molecule has 0 saturated carbocycles. The molecule has 1 saturated heterocycles. The molecule has 0 spiro atoms. The standard InChI is InChI=1S/C13H21BrO2/c1-10(5-4-6-11(15)9-14)7-8-12-13(2,3)16-12/h5,12H,4,6-9H2,1-3H3/b10-5+. The topological polar surface area (TPSA) is 29.6 Å². The fraction of sp³-hybridized carbons (Fsp3) is 0.769. The Bertz CT molecular complexity index is 282. The zero-order chi connectivity index (χ0) is 12.2. The van der Waals surface area contributed by atoms with Crippen LogP contribution in [0.25, 0.3) is 0 Å². The van der Waals surface area contributed by atoms with Crippen molar-refractivity contribution in [3.8, 4) is 0 Å². The molecule has 0 radical (unpaired) electrons. The summed E-state index contributed by atoms with van der Waals surface area (Å²) in [7, 11) is 0. The molecule has 0 amide bonds. The summed E-state index contributed by atoms with van der Waals surface area (Å²) in [5.41, 5.74) is 1.47. The molecule has 1 atom stereocenters. The van der Waals surface area contributed by atoms with Gasteiger partial charge in [0.1, 0.15) is 5.78 Å². The van der Waals surface area contributed by atoms with Crippen LogP contribution in [0.2, 0.25) is 0 Å². The van der Waals surface area contributed by atoms with E-state index in [-0.39, 0.29) is 11.4 Å². The SMILES string of the molecule is C/C(=C\CCC(=O)CBr)CCC1OC1(C)C. The number of rotatable bonds is 7. The van der Waals surface area contributed by atoms with Crippen LogP contribution >= 0.6 is 15.9 Å². The van der Waals surface area contributed by atoms with Crippen LogP contribution in [0.1, 0.15) is 46.5 Å².